The largest absolute Gasteiger partial charge is 0.416 e. The topological polar surface area (TPSA) is 33.1 Å². The normalized spacial score (nSPS) is 15.9. The molecule has 1 aromatic rings. The quantitative estimate of drug-likeness (QED) is 0.870. The van der Waals surface area contributed by atoms with Crippen LogP contribution in [0.5, 0.6) is 0 Å². The Kier molecular flexibility index (Phi) is 3.57. The summed E-state index contributed by atoms with van der Waals surface area (Å²) in [5.41, 5.74) is -2.47. The molecule has 0 aliphatic rings. The lowest BCUT2D eigenvalue weighted by atomic mass is 9.89. The highest BCUT2D eigenvalue weighted by molar-refractivity contribution is 5.31. The summed E-state index contributed by atoms with van der Waals surface area (Å²) >= 11 is 0. The van der Waals surface area contributed by atoms with E-state index in [0.717, 1.165) is 18.5 Å². The molecule has 2 nitrogen and oxygen atoms in total. The molecule has 0 saturated carbocycles. The molecule has 0 radical (unpaired) electrons. The van der Waals surface area contributed by atoms with Crippen LogP contribution in [-0.2, 0) is 11.8 Å². The van der Waals surface area contributed by atoms with Gasteiger partial charge in [0.05, 0.1) is 11.2 Å². The zero-order chi connectivity index (χ0) is 12.4. The van der Waals surface area contributed by atoms with Gasteiger partial charge < -0.3 is 5.11 Å². The maximum Gasteiger partial charge on any atom is 0.416 e. The molecule has 0 fully saturated rings. The van der Waals surface area contributed by atoms with Gasteiger partial charge in [-0.05, 0) is 19.4 Å². The molecule has 1 atom stereocenters. The van der Waals surface area contributed by atoms with Crippen molar-refractivity contribution in [2.75, 3.05) is 0 Å². The molecule has 16 heavy (non-hydrogen) atoms. The van der Waals surface area contributed by atoms with E-state index in [2.05, 4.69) is 4.98 Å². The molecule has 0 bridgehead atoms. The van der Waals surface area contributed by atoms with Crippen molar-refractivity contribution in [2.45, 2.75) is 38.5 Å². The van der Waals surface area contributed by atoms with E-state index < -0.39 is 17.3 Å². The van der Waals surface area contributed by atoms with Gasteiger partial charge in [0.1, 0.15) is 0 Å². The van der Waals surface area contributed by atoms with Gasteiger partial charge in [-0.15, -0.1) is 0 Å². The number of halogens is 3. The lowest BCUT2D eigenvalue weighted by molar-refractivity contribution is -0.140. The first kappa shape index (κ1) is 13.0. The van der Waals surface area contributed by atoms with E-state index in [9.17, 15) is 18.3 Å². The monoisotopic (exact) mass is 233 g/mol. The lowest BCUT2D eigenvalue weighted by Gasteiger charge is -2.26. The minimum absolute atomic E-state index is 0.163. The van der Waals surface area contributed by atoms with Crippen molar-refractivity contribution < 1.29 is 18.3 Å². The summed E-state index contributed by atoms with van der Waals surface area (Å²) in [7, 11) is 0. The van der Waals surface area contributed by atoms with Crippen LogP contribution in [0, 0.1) is 0 Å². The molecule has 0 aliphatic carbocycles. The van der Waals surface area contributed by atoms with Gasteiger partial charge in [-0.3, -0.25) is 4.98 Å². The van der Waals surface area contributed by atoms with Crippen LogP contribution in [0.25, 0.3) is 0 Å². The van der Waals surface area contributed by atoms with Gasteiger partial charge >= 0.3 is 6.18 Å². The number of nitrogens with zero attached hydrogens (tertiary/aromatic N) is 1. The molecule has 0 amide bonds. The first-order chi connectivity index (χ1) is 7.29. The Labute approximate surface area is 92.1 Å². The molecule has 1 rings (SSSR count). The molecule has 1 heterocycles. The minimum Gasteiger partial charge on any atom is -0.385 e. The van der Waals surface area contributed by atoms with E-state index in [0.29, 0.717) is 6.42 Å². The van der Waals surface area contributed by atoms with Crippen molar-refractivity contribution in [3.8, 4) is 0 Å². The molecule has 1 aromatic heterocycles. The third-order valence-electron chi connectivity index (χ3n) is 2.44. The molecule has 1 N–H and O–H groups in total. The average Bonchev–Trinajstić information content (AvgIpc) is 2.16. The summed E-state index contributed by atoms with van der Waals surface area (Å²) in [6.07, 6.45) is -1.44. The summed E-state index contributed by atoms with van der Waals surface area (Å²) in [4.78, 5) is 3.65. The van der Waals surface area contributed by atoms with E-state index in [4.69, 9.17) is 0 Å². The first-order valence-corrected chi connectivity index (χ1v) is 5.03. The van der Waals surface area contributed by atoms with Crippen molar-refractivity contribution in [3.63, 3.8) is 0 Å². The number of hydrogen-bond donors (Lipinski definition) is 1. The summed E-state index contributed by atoms with van der Waals surface area (Å²) in [6.45, 7) is 3.18. The number of pyridine rings is 1. The predicted octanol–water partition coefficient (Wildman–Crippen LogP) is 3.11. The first-order valence-electron chi connectivity index (χ1n) is 5.03. The van der Waals surface area contributed by atoms with Crippen molar-refractivity contribution in [1.82, 2.24) is 4.98 Å². The SMILES string of the molecule is CCCC(C)(O)c1cnccc1C(F)(F)F. The molecular weight excluding hydrogens is 219 g/mol. The Morgan fingerprint density at radius 3 is 2.44 bits per heavy atom. The molecule has 5 heteroatoms. The summed E-state index contributed by atoms with van der Waals surface area (Å²) < 4.78 is 38.0. The van der Waals surface area contributed by atoms with Gasteiger partial charge in [0.25, 0.3) is 0 Å². The zero-order valence-corrected chi connectivity index (χ0v) is 9.17. The number of hydrogen-bond acceptors (Lipinski definition) is 2. The van der Waals surface area contributed by atoms with Gasteiger partial charge in [0, 0.05) is 18.0 Å². The number of aliphatic hydroxyl groups is 1. The van der Waals surface area contributed by atoms with Crippen LogP contribution in [0.1, 0.15) is 37.8 Å². The number of alkyl halides is 3. The van der Waals surface area contributed by atoms with Crippen LogP contribution >= 0.6 is 0 Å². The summed E-state index contributed by atoms with van der Waals surface area (Å²) in [6, 6.07) is 0.888. The maximum atomic E-state index is 12.7. The Balaban J connectivity index is 3.23. The van der Waals surface area contributed by atoms with Gasteiger partial charge in [-0.2, -0.15) is 13.2 Å². The van der Waals surface area contributed by atoms with E-state index >= 15 is 0 Å². The van der Waals surface area contributed by atoms with Crippen molar-refractivity contribution >= 4 is 0 Å². The Morgan fingerprint density at radius 2 is 1.94 bits per heavy atom. The molecule has 1 unspecified atom stereocenters. The highest BCUT2D eigenvalue weighted by Crippen LogP contribution is 2.37. The van der Waals surface area contributed by atoms with E-state index in [1.807, 2.05) is 0 Å². The molecular formula is C11H14F3NO. The third kappa shape index (κ3) is 2.72. The molecule has 90 valence electrons. The lowest BCUT2D eigenvalue weighted by Crippen LogP contribution is -2.25. The van der Waals surface area contributed by atoms with Crippen molar-refractivity contribution in [3.05, 3.63) is 29.6 Å². The van der Waals surface area contributed by atoms with Crippen LogP contribution in [0.3, 0.4) is 0 Å². The summed E-state index contributed by atoms with van der Waals surface area (Å²) in [5, 5.41) is 9.99. The van der Waals surface area contributed by atoms with E-state index in [-0.39, 0.29) is 12.0 Å². The molecule has 0 saturated heterocycles. The van der Waals surface area contributed by atoms with Gasteiger partial charge in [0.15, 0.2) is 0 Å². The average molecular weight is 233 g/mol. The Bertz CT molecular complexity index is 360. The fourth-order valence-corrected chi connectivity index (χ4v) is 1.69. The van der Waals surface area contributed by atoms with Gasteiger partial charge in [-0.1, -0.05) is 13.3 Å². The fourth-order valence-electron chi connectivity index (χ4n) is 1.69. The standard InChI is InChI=1S/C11H14F3NO/c1-3-5-10(2,16)9-7-15-6-4-8(9)11(12,13)14/h4,6-7,16H,3,5H2,1-2H3. The van der Waals surface area contributed by atoms with Crippen molar-refractivity contribution in [2.24, 2.45) is 0 Å². The maximum absolute atomic E-state index is 12.7. The zero-order valence-electron chi connectivity index (χ0n) is 9.17. The Hall–Kier alpha value is -1.10. The van der Waals surface area contributed by atoms with E-state index in [1.54, 1.807) is 6.92 Å². The minimum atomic E-state index is -4.46. The second kappa shape index (κ2) is 4.41. The van der Waals surface area contributed by atoms with Crippen LogP contribution in [0.15, 0.2) is 18.5 Å². The van der Waals surface area contributed by atoms with E-state index in [1.165, 1.54) is 6.92 Å². The van der Waals surface area contributed by atoms with Gasteiger partial charge in [-0.25, -0.2) is 0 Å². The van der Waals surface area contributed by atoms with Gasteiger partial charge in [0.2, 0.25) is 0 Å². The number of rotatable bonds is 3. The fraction of sp³-hybridized carbons (Fsp3) is 0.545. The van der Waals surface area contributed by atoms with Crippen LogP contribution < -0.4 is 0 Å². The van der Waals surface area contributed by atoms with Crippen LogP contribution in [0.4, 0.5) is 13.2 Å². The highest BCUT2D eigenvalue weighted by Gasteiger charge is 2.38. The second-order valence-corrected chi connectivity index (χ2v) is 3.94. The predicted molar refractivity (Wildman–Crippen MR) is 53.7 cm³/mol. The van der Waals surface area contributed by atoms with Crippen LogP contribution in [0.2, 0.25) is 0 Å². The highest BCUT2D eigenvalue weighted by atomic mass is 19.4. The smallest absolute Gasteiger partial charge is 0.385 e. The third-order valence-corrected chi connectivity index (χ3v) is 2.44. The Morgan fingerprint density at radius 1 is 1.31 bits per heavy atom. The molecule has 0 aromatic carbocycles. The van der Waals surface area contributed by atoms with Crippen LogP contribution in [-0.4, -0.2) is 10.1 Å². The number of aromatic nitrogens is 1. The second-order valence-electron chi connectivity index (χ2n) is 3.94. The summed E-state index contributed by atoms with van der Waals surface area (Å²) in [5.74, 6) is 0. The molecule has 0 aliphatic heterocycles. The molecule has 0 spiro atoms. The van der Waals surface area contributed by atoms with Crippen molar-refractivity contribution in [1.29, 1.82) is 0 Å².